The standard InChI is InChI=1S/C15H26N2O3.C2H6/c1-15(2,14(19)17-8-4-3-5-9-17)16-13(18)12-6-10-20-11-7-12;1-2/h12H,3-11H2,1-2H3,(H,16,18);1-2H3. The molecule has 0 aromatic rings. The number of carbonyl (C=O) groups is 2. The summed E-state index contributed by atoms with van der Waals surface area (Å²) in [7, 11) is 0. The van der Waals surface area contributed by atoms with Crippen LogP contribution >= 0.6 is 0 Å². The van der Waals surface area contributed by atoms with Crippen molar-refractivity contribution in [1.82, 2.24) is 10.2 Å². The summed E-state index contributed by atoms with van der Waals surface area (Å²) in [5, 5.41) is 2.94. The third-order valence-electron chi connectivity index (χ3n) is 4.21. The number of rotatable bonds is 3. The Labute approximate surface area is 134 Å². The lowest BCUT2D eigenvalue weighted by Gasteiger charge is -2.35. The number of nitrogens with zero attached hydrogens (tertiary/aromatic N) is 1. The van der Waals surface area contributed by atoms with Crippen LogP contribution in [-0.2, 0) is 14.3 Å². The maximum atomic E-state index is 12.5. The molecule has 5 nitrogen and oxygen atoms in total. The summed E-state index contributed by atoms with van der Waals surface area (Å²) in [6, 6.07) is 0. The van der Waals surface area contributed by atoms with Crippen LogP contribution in [0, 0.1) is 5.92 Å². The Hall–Kier alpha value is -1.10. The van der Waals surface area contributed by atoms with Crippen LogP contribution in [0.25, 0.3) is 0 Å². The topological polar surface area (TPSA) is 58.6 Å². The van der Waals surface area contributed by atoms with Gasteiger partial charge in [-0.25, -0.2) is 0 Å². The van der Waals surface area contributed by atoms with Crippen LogP contribution in [0.3, 0.4) is 0 Å². The third-order valence-corrected chi connectivity index (χ3v) is 4.21. The van der Waals surface area contributed by atoms with Crippen molar-refractivity contribution in [2.75, 3.05) is 26.3 Å². The van der Waals surface area contributed by atoms with Gasteiger partial charge in [0, 0.05) is 32.2 Å². The number of likely N-dealkylation sites (tertiary alicyclic amines) is 1. The molecule has 0 aliphatic carbocycles. The summed E-state index contributed by atoms with van der Waals surface area (Å²) in [6.07, 6.45) is 4.82. The zero-order valence-corrected chi connectivity index (χ0v) is 14.6. The molecule has 0 atom stereocenters. The van der Waals surface area contributed by atoms with Crippen LogP contribution in [0.4, 0.5) is 0 Å². The maximum absolute atomic E-state index is 12.5. The van der Waals surface area contributed by atoms with E-state index in [4.69, 9.17) is 4.74 Å². The fourth-order valence-corrected chi connectivity index (χ4v) is 2.92. The van der Waals surface area contributed by atoms with Gasteiger partial charge in [0.25, 0.3) is 0 Å². The lowest BCUT2D eigenvalue weighted by Crippen LogP contribution is -2.58. The van der Waals surface area contributed by atoms with Gasteiger partial charge in [0.2, 0.25) is 11.8 Å². The van der Waals surface area contributed by atoms with Crippen LogP contribution in [0.15, 0.2) is 0 Å². The zero-order chi connectivity index (χ0) is 16.6. The van der Waals surface area contributed by atoms with Gasteiger partial charge in [-0.2, -0.15) is 0 Å². The van der Waals surface area contributed by atoms with E-state index in [-0.39, 0.29) is 17.7 Å². The Kier molecular flexibility index (Phi) is 7.87. The van der Waals surface area contributed by atoms with Crippen LogP contribution in [-0.4, -0.2) is 48.6 Å². The Balaban J connectivity index is 0.00000116. The highest BCUT2D eigenvalue weighted by atomic mass is 16.5. The number of hydrogen-bond donors (Lipinski definition) is 1. The van der Waals surface area contributed by atoms with Gasteiger partial charge in [-0.1, -0.05) is 13.8 Å². The maximum Gasteiger partial charge on any atom is 0.247 e. The van der Waals surface area contributed by atoms with E-state index in [1.165, 1.54) is 6.42 Å². The molecule has 0 spiro atoms. The van der Waals surface area contributed by atoms with Crippen molar-refractivity contribution >= 4 is 11.8 Å². The molecule has 0 bridgehead atoms. The monoisotopic (exact) mass is 312 g/mol. The number of hydrogen-bond acceptors (Lipinski definition) is 3. The van der Waals surface area contributed by atoms with E-state index in [0.29, 0.717) is 13.2 Å². The predicted molar refractivity (Wildman–Crippen MR) is 87.5 cm³/mol. The molecular formula is C17H32N2O3. The summed E-state index contributed by atoms with van der Waals surface area (Å²) in [6.45, 7) is 10.5. The van der Waals surface area contributed by atoms with Gasteiger partial charge in [-0.05, 0) is 46.0 Å². The minimum absolute atomic E-state index is 0.0105. The largest absolute Gasteiger partial charge is 0.381 e. The SMILES string of the molecule is CC.CC(C)(NC(=O)C1CCOCC1)C(=O)N1CCCCC1. The smallest absolute Gasteiger partial charge is 0.247 e. The van der Waals surface area contributed by atoms with Crippen molar-refractivity contribution in [3.05, 3.63) is 0 Å². The normalized spacial score (nSPS) is 19.9. The first-order valence-corrected chi connectivity index (χ1v) is 8.70. The average molecular weight is 312 g/mol. The van der Waals surface area contributed by atoms with E-state index in [0.717, 1.165) is 38.8 Å². The molecule has 2 amide bonds. The number of piperidine rings is 1. The summed E-state index contributed by atoms with van der Waals surface area (Å²) in [5.41, 5.74) is -0.813. The highest BCUT2D eigenvalue weighted by Crippen LogP contribution is 2.19. The Morgan fingerprint density at radius 2 is 1.59 bits per heavy atom. The number of ether oxygens (including phenoxy) is 1. The van der Waals surface area contributed by atoms with Gasteiger partial charge in [-0.15, -0.1) is 0 Å². The van der Waals surface area contributed by atoms with Crippen LogP contribution in [0.2, 0.25) is 0 Å². The molecule has 0 saturated carbocycles. The van der Waals surface area contributed by atoms with Crippen molar-refractivity contribution < 1.29 is 14.3 Å². The zero-order valence-electron chi connectivity index (χ0n) is 14.6. The molecule has 128 valence electrons. The fourth-order valence-electron chi connectivity index (χ4n) is 2.92. The first kappa shape index (κ1) is 18.9. The van der Waals surface area contributed by atoms with Crippen molar-refractivity contribution in [3.8, 4) is 0 Å². The second kappa shape index (κ2) is 9.13. The predicted octanol–water partition coefficient (Wildman–Crippen LogP) is 2.35. The summed E-state index contributed by atoms with van der Waals surface area (Å²) >= 11 is 0. The molecule has 0 aromatic heterocycles. The molecule has 1 N–H and O–H groups in total. The molecule has 2 rings (SSSR count). The molecular weight excluding hydrogens is 280 g/mol. The van der Waals surface area contributed by atoms with Gasteiger partial charge in [0.15, 0.2) is 0 Å². The molecule has 0 radical (unpaired) electrons. The van der Waals surface area contributed by atoms with E-state index in [1.54, 1.807) is 13.8 Å². The fraction of sp³-hybridized carbons (Fsp3) is 0.882. The minimum atomic E-state index is -0.813. The van der Waals surface area contributed by atoms with Gasteiger partial charge >= 0.3 is 0 Å². The number of nitrogens with one attached hydrogen (secondary N) is 1. The van der Waals surface area contributed by atoms with Crippen LogP contribution < -0.4 is 5.32 Å². The number of carbonyl (C=O) groups excluding carboxylic acids is 2. The Morgan fingerprint density at radius 3 is 2.14 bits per heavy atom. The average Bonchev–Trinajstić information content (AvgIpc) is 2.57. The first-order chi connectivity index (χ1) is 10.5. The number of amides is 2. The molecule has 2 heterocycles. The van der Waals surface area contributed by atoms with Crippen molar-refractivity contribution in [2.45, 2.75) is 65.3 Å². The molecule has 2 aliphatic rings. The molecule has 2 saturated heterocycles. The summed E-state index contributed by atoms with van der Waals surface area (Å²) in [5.74, 6) is 0.0125. The quantitative estimate of drug-likeness (QED) is 0.870. The van der Waals surface area contributed by atoms with E-state index in [9.17, 15) is 9.59 Å². The molecule has 5 heteroatoms. The molecule has 2 aliphatic heterocycles. The van der Waals surface area contributed by atoms with E-state index in [2.05, 4.69) is 5.32 Å². The molecule has 0 aromatic carbocycles. The van der Waals surface area contributed by atoms with Gasteiger partial charge in [0.05, 0.1) is 0 Å². The van der Waals surface area contributed by atoms with Crippen molar-refractivity contribution in [3.63, 3.8) is 0 Å². The minimum Gasteiger partial charge on any atom is -0.381 e. The lowest BCUT2D eigenvalue weighted by molar-refractivity contribution is -0.142. The second-order valence-corrected chi connectivity index (χ2v) is 6.35. The van der Waals surface area contributed by atoms with Crippen molar-refractivity contribution in [2.24, 2.45) is 5.92 Å². The van der Waals surface area contributed by atoms with Gasteiger partial charge in [0.1, 0.15) is 5.54 Å². The van der Waals surface area contributed by atoms with Gasteiger partial charge < -0.3 is 15.0 Å². The highest BCUT2D eigenvalue weighted by Gasteiger charge is 2.35. The van der Waals surface area contributed by atoms with E-state index >= 15 is 0 Å². The van der Waals surface area contributed by atoms with E-state index < -0.39 is 5.54 Å². The van der Waals surface area contributed by atoms with Gasteiger partial charge in [-0.3, -0.25) is 9.59 Å². The second-order valence-electron chi connectivity index (χ2n) is 6.35. The van der Waals surface area contributed by atoms with Crippen molar-refractivity contribution in [1.29, 1.82) is 0 Å². The third kappa shape index (κ3) is 5.27. The van der Waals surface area contributed by atoms with Crippen LogP contribution in [0.5, 0.6) is 0 Å². The lowest BCUT2D eigenvalue weighted by atomic mass is 9.95. The van der Waals surface area contributed by atoms with Crippen LogP contribution in [0.1, 0.15) is 59.8 Å². The molecule has 0 unspecified atom stereocenters. The summed E-state index contributed by atoms with van der Waals surface area (Å²) < 4.78 is 5.27. The highest BCUT2D eigenvalue weighted by molar-refractivity contribution is 5.91. The molecule has 2 fully saturated rings. The summed E-state index contributed by atoms with van der Waals surface area (Å²) in [4.78, 5) is 26.7. The first-order valence-electron chi connectivity index (χ1n) is 8.70. The Bertz CT molecular complexity index is 357. The van der Waals surface area contributed by atoms with E-state index in [1.807, 2.05) is 18.7 Å². The Morgan fingerprint density at radius 1 is 1.05 bits per heavy atom. The molecule has 22 heavy (non-hydrogen) atoms.